The molecule has 6 rings (SSSR count). The Morgan fingerprint density at radius 1 is 0.865 bits per heavy atom. The van der Waals surface area contributed by atoms with Crippen LogP contribution < -0.4 is 0 Å². The van der Waals surface area contributed by atoms with E-state index in [0.29, 0.717) is 0 Å². The van der Waals surface area contributed by atoms with E-state index in [2.05, 4.69) is 122 Å². The molecular formula is C36H28S. The highest BCUT2D eigenvalue weighted by molar-refractivity contribution is 7.20. The summed E-state index contributed by atoms with van der Waals surface area (Å²) >= 11 is 1.91. The van der Waals surface area contributed by atoms with E-state index in [1.165, 1.54) is 53.9 Å². The van der Waals surface area contributed by atoms with Crippen LogP contribution in [0.5, 0.6) is 0 Å². The van der Waals surface area contributed by atoms with Crippen LogP contribution in [0.4, 0.5) is 0 Å². The predicted octanol–water partition coefficient (Wildman–Crippen LogP) is 10.0. The van der Waals surface area contributed by atoms with Gasteiger partial charge in [-0.05, 0) is 82.3 Å². The lowest BCUT2D eigenvalue weighted by Crippen LogP contribution is -1.89. The summed E-state index contributed by atoms with van der Waals surface area (Å²) in [5, 5.41) is 1.40. The van der Waals surface area contributed by atoms with Crippen LogP contribution in [0.1, 0.15) is 33.6 Å². The summed E-state index contributed by atoms with van der Waals surface area (Å²) in [6, 6.07) is 24.2. The number of fused-ring (bicyclic) bond motifs is 3. The van der Waals surface area contributed by atoms with Crippen LogP contribution in [0, 0.1) is 0 Å². The van der Waals surface area contributed by atoms with Crippen LogP contribution >= 0.6 is 11.3 Å². The third kappa shape index (κ3) is 4.68. The fraction of sp³-hybridized carbons (Fsp3) is 0.0833. The summed E-state index contributed by atoms with van der Waals surface area (Å²) in [6.07, 6.45) is 22.4. The van der Waals surface area contributed by atoms with E-state index < -0.39 is 0 Å². The van der Waals surface area contributed by atoms with Crippen LogP contribution in [0.3, 0.4) is 0 Å². The quantitative estimate of drug-likeness (QED) is 0.185. The lowest BCUT2D eigenvalue weighted by atomic mass is 9.95. The average molecular weight is 493 g/mol. The van der Waals surface area contributed by atoms with Gasteiger partial charge in [-0.3, -0.25) is 0 Å². The van der Waals surface area contributed by atoms with E-state index in [0.717, 1.165) is 24.8 Å². The minimum Gasteiger partial charge on any atom is -0.135 e. The van der Waals surface area contributed by atoms with Crippen molar-refractivity contribution in [2.45, 2.75) is 19.3 Å². The van der Waals surface area contributed by atoms with Crippen molar-refractivity contribution >= 4 is 38.6 Å². The van der Waals surface area contributed by atoms with Crippen LogP contribution in [0.15, 0.2) is 128 Å². The zero-order valence-electron chi connectivity index (χ0n) is 20.8. The lowest BCUT2D eigenvalue weighted by molar-refractivity contribution is 1.01. The molecule has 4 aromatic rings. The van der Waals surface area contributed by atoms with Gasteiger partial charge in [0.1, 0.15) is 0 Å². The number of rotatable bonds is 6. The van der Waals surface area contributed by atoms with Crippen molar-refractivity contribution in [3.8, 4) is 11.1 Å². The van der Waals surface area contributed by atoms with E-state index in [9.17, 15) is 0 Å². The van der Waals surface area contributed by atoms with Gasteiger partial charge in [0.25, 0.3) is 0 Å². The predicted molar refractivity (Wildman–Crippen MR) is 163 cm³/mol. The van der Waals surface area contributed by atoms with Gasteiger partial charge in [-0.25, -0.2) is 0 Å². The highest BCUT2D eigenvalue weighted by Gasteiger charge is 2.16. The Bertz CT molecular complexity index is 1670. The molecule has 3 aromatic carbocycles. The van der Waals surface area contributed by atoms with Gasteiger partial charge in [0, 0.05) is 20.7 Å². The molecule has 0 radical (unpaired) electrons. The fourth-order valence-electron chi connectivity index (χ4n) is 5.18. The smallest absolute Gasteiger partial charge is 0.0436 e. The highest BCUT2D eigenvalue weighted by atomic mass is 32.1. The van der Waals surface area contributed by atoms with Crippen molar-refractivity contribution in [3.05, 3.63) is 155 Å². The molecule has 1 heterocycles. The maximum atomic E-state index is 3.77. The molecule has 0 nitrogen and oxygen atoms in total. The number of allylic oxidation sites excluding steroid dienone is 9. The molecule has 0 N–H and O–H groups in total. The Morgan fingerprint density at radius 3 is 2.59 bits per heavy atom. The Kier molecular flexibility index (Phi) is 6.57. The molecule has 37 heavy (non-hydrogen) atoms. The van der Waals surface area contributed by atoms with Gasteiger partial charge >= 0.3 is 0 Å². The van der Waals surface area contributed by atoms with Gasteiger partial charge in [-0.2, -0.15) is 0 Å². The van der Waals surface area contributed by atoms with Crippen molar-refractivity contribution in [2.75, 3.05) is 0 Å². The second kappa shape index (κ2) is 10.4. The lowest BCUT2D eigenvalue weighted by Gasteiger charge is -2.10. The maximum Gasteiger partial charge on any atom is 0.0436 e. The minimum absolute atomic E-state index is 0.896. The van der Waals surface area contributed by atoms with E-state index in [1.54, 1.807) is 0 Å². The highest BCUT2D eigenvalue weighted by Crippen LogP contribution is 2.40. The third-order valence-electron chi connectivity index (χ3n) is 7.06. The minimum atomic E-state index is 0.896. The summed E-state index contributed by atoms with van der Waals surface area (Å²) in [6.45, 7) is 3.77. The van der Waals surface area contributed by atoms with Crippen LogP contribution in [0.25, 0.3) is 38.4 Å². The van der Waals surface area contributed by atoms with Gasteiger partial charge in [0.05, 0.1) is 0 Å². The molecule has 0 saturated carbocycles. The molecule has 0 saturated heterocycles. The van der Waals surface area contributed by atoms with E-state index in [-0.39, 0.29) is 0 Å². The SMILES string of the molecule is C=C/C=C\Cc1ccccc1-c1ccc(C2=CC=C=C(c3cccc4c5c(sc34)C=CCC5)C=C2)cc1. The Labute approximate surface area is 223 Å². The average Bonchev–Trinajstić information content (AvgIpc) is 3.15. The monoisotopic (exact) mass is 492 g/mol. The normalized spacial score (nSPS) is 14.5. The number of hydrogen-bond acceptors (Lipinski definition) is 1. The standard InChI is InChI=1S/C36H28S/c1-2-3-4-11-28-12-5-6-15-31(28)30-24-21-27(22-25-30)26-13-9-14-29(23-20-26)32-17-10-18-34-33-16-7-8-19-35(33)37-36(32)34/h2-6,8-10,12-13,15,17-25H,1,7,11,16H2/b4-3-. The first kappa shape index (κ1) is 23.3. The Morgan fingerprint density at radius 2 is 1.70 bits per heavy atom. The number of hydrogen-bond donors (Lipinski definition) is 0. The van der Waals surface area contributed by atoms with Crippen molar-refractivity contribution in [1.82, 2.24) is 0 Å². The Hall–Kier alpha value is -4.16. The van der Waals surface area contributed by atoms with Gasteiger partial charge < -0.3 is 0 Å². The first-order valence-electron chi connectivity index (χ1n) is 12.8. The molecule has 2 aliphatic rings. The second-order valence-corrected chi connectivity index (χ2v) is 10.4. The molecule has 0 aliphatic heterocycles. The van der Waals surface area contributed by atoms with Crippen LogP contribution in [-0.4, -0.2) is 0 Å². The van der Waals surface area contributed by atoms with Crippen LogP contribution in [-0.2, 0) is 12.8 Å². The molecule has 0 amide bonds. The van der Waals surface area contributed by atoms with Gasteiger partial charge in [0.2, 0.25) is 0 Å². The van der Waals surface area contributed by atoms with Crippen molar-refractivity contribution in [2.24, 2.45) is 0 Å². The molecule has 0 unspecified atom stereocenters. The molecule has 1 heteroatoms. The fourth-order valence-corrected chi connectivity index (χ4v) is 6.49. The zero-order valence-corrected chi connectivity index (χ0v) is 21.6. The van der Waals surface area contributed by atoms with Crippen molar-refractivity contribution < 1.29 is 0 Å². The number of aryl methyl sites for hydroxylation is 1. The molecule has 0 spiro atoms. The topological polar surface area (TPSA) is 0 Å². The summed E-state index contributed by atoms with van der Waals surface area (Å²) in [4.78, 5) is 1.41. The summed E-state index contributed by atoms with van der Waals surface area (Å²) in [5.74, 6) is 0. The zero-order chi connectivity index (χ0) is 25.0. The van der Waals surface area contributed by atoms with Crippen molar-refractivity contribution in [3.63, 3.8) is 0 Å². The molecular weight excluding hydrogens is 464 g/mol. The van der Waals surface area contributed by atoms with Crippen molar-refractivity contribution in [1.29, 1.82) is 0 Å². The second-order valence-electron chi connectivity index (χ2n) is 9.35. The van der Waals surface area contributed by atoms with E-state index in [1.807, 2.05) is 23.5 Å². The largest absolute Gasteiger partial charge is 0.135 e. The molecule has 2 aliphatic carbocycles. The molecule has 178 valence electrons. The molecule has 0 fully saturated rings. The summed E-state index contributed by atoms with van der Waals surface area (Å²) < 4.78 is 1.37. The number of thiophene rings is 1. The molecule has 1 aromatic heterocycles. The van der Waals surface area contributed by atoms with Gasteiger partial charge in [0.15, 0.2) is 0 Å². The summed E-state index contributed by atoms with van der Waals surface area (Å²) in [5.41, 5.74) is 13.7. The van der Waals surface area contributed by atoms with Crippen LogP contribution in [0.2, 0.25) is 0 Å². The molecule has 0 bridgehead atoms. The maximum absolute atomic E-state index is 3.77. The first-order chi connectivity index (χ1) is 18.3. The Balaban J connectivity index is 1.26. The first-order valence-corrected chi connectivity index (χ1v) is 13.7. The van der Waals surface area contributed by atoms with E-state index in [4.69, 9.17) is 0 Å². The summed E-state index contributed by atoms with van der Waals surface area (Å²) in [7, 11) is 0. The van der Waals surface area contributed by atoms with E-state index >= 15 is 0 Å². The van der Waals surface area contributed by atoms with Gasteiger partial charge in [-0.15, -0.1) is 17.1 Å². The molecule has 0 atom stereocenters. The number of benzene rings is 3. The third-order valence-corrected chi connectivity index (χ3v) is 8.30. The van der Waals surface area contributed by atoms with Gasteiger partial charge in [-0.1, -0.05) is 104 Å².